The van der Waals surface area contributed by atoms with Gasteiger partial charge in [-0.05, 0) is 30.3 Å². The van der Waals surface area contributed by atoms with Crippen LogP contribution >= 0.6 is 11.6 Å². The molecule has 0 bridgehead atoms. The Bertz CT molecular complexity index is 741. The number of halogens is 2. The van der Waals surface area contributed by atoms with Crippen molar-refractivity contribution >= 4 is 34.8 Å². The Morgan fingerprint density at radius 2 is 1.75 bits per heavy atom. The SMILES string of the molecule is Nc1ccc2c(c1)C(=O)N(c1c(F)cccc1Cl)C2=O. The standard InChI is InChI=1S/C14H8ClFN2O2/c15-10-2-1-3-11(16)12(10)18-13(19)8-5-4-7(17)6-9(8)14(18)20/h1-6H,17H2. The van der Waals surface area contributed by atoms with Crippen LogP contribution in [0.15, 0.2) is 36.4 Å². The zero-order chi connectivity index (χ0) is 14.4. The van der Waals surface area contributed by atoms with E-state index in [2.05, 4.69) is 0 Å². The third-order valence-electron chi connectivity index (χ3n) is 3.07. The van der Waals surface area contributed by atoms with Crippen molar-refractivity contribution in [3.63, 3.8) is 0 Å². The van der Waals surface area contributed by atoms with Gasteiger partial charge < -0.3 is 5.73 Å². The number of anilines is 2. The van der Waals surface area contributed by atoms with E-state index in [9.17, 15) is 14.0 Å². The van der Waals surface area contributed by atoms with E-state index >= 15 is 0 Å². The number of rotatable bonds is 1. The molecule has 0 spiro atoms. The third kappa shape index (κ3) is 1.67. The molecule has 100 valence electrons. The first-order chi connectivity index (χ1) is 9.50. The van der Waals surface area contributed by atoms with E-state index in [0.29, 0.717) is 5.69 Å². The Labute approximate surface area is 118 Å². The van der Waals surface area contributed by atoms with E-state index in [1.165, 1.54) is 30.3 Å². The fourth-order valence-corrected chi connectivity index (χ4v) is 2.41. The van der Waals surface area contributed by atoms with Crippen molar-refractivity contribution in [3.8, 4) is 0 Å². The van der Waals surface area contributed by atoms with Gasteiger partial charge in [0.2, 0.25) is 0 Å². The maximum absolute atomic E-state index is 13.9. The molecule has 20 heavy (non-hydrogen) atoms. The van der Waals surface area contributed by atoms with Gasteiger partial charge in [-0.3, -0.25) is 9.59 Å². The first-order valence-corrected chi connectivity index (χ1v) is 6.11. The van der Waals surface area contributed by atoms with Crippen LogP contribution in [0.4, 0.5) is 15.8 Å². The fraction of sp³-hybridized carbons (Fsp3) is 0. The second kappa shape index (κ2) is 4.31. The molecule has 0 saturated carbocycles. The summed E-state index contributed by atoms with van der Waals surface area (Å²) in [5.41, 5.74) is 6.05. The largest absolute Gasteiger partial charge is 0.399 e. The van der Waals surface area contributed by atoms with Crippen LogP contribution in [-0.2, 0) is 0 Å². The molecule has 0 saturated heterocycles. The number of hydrogen-bond acceptors (Lipinski definition) is 3. The van der Waals surface area contributed by atoms with Crippen molar-refractivity contribution in [1.82, 2.24) is 0 Å². The summed E-state index contributed by atoms with van der Waals surface area (Å²) in [7, 11) is 0. The molecule has 6 heteroatoms. The minimum absolute atomic E-state index is 0.00696. The summed E-state index contributed by atoms with van der Waals surface area (Å²) in [5.74, 6) is -1.98. The highest BCUT2D eigenvalue weighted by molar-refractivity contribution is 6.39. The predicted octanol–water partition coefficient (Wildman–Crippen LogP) is 2.86. The lowest BCUT2D eigenvalue weighted by Gasteiger charge is -2.16. The predicted molar refractivity (Wildman–Crippen MR) is 73.4 cm³/mol. The third-order valence-corrected chi connectivity index (χ3v) is 3.38. The summed E-state index contributed by atoms with van der Waals surface area (Å²) in [4.78, 5) is 25.3. The topological polar surface area (TPSA) is 63.4 Å². The maximum Gasteiger partial charge on any atom is 0.266 e. The normalized spacial score (nSPS) is 13.8. The molecule has 1 heterocycles. The van der Waals surface area contributed by atoms with Crippen molar-refractivity contribution in [2.24, 2.45) is 0 Å². The smallest absolute Gasteiger partial charge is 0.266 e. The number of hydrogen-bond donors (Lipinski definition) is 1. The molecule has 0 unspecified atom stereocenters. The molecular weight excluding hydrogens is 283 g/mol. The molecule has 0 aromatic heterocycles. The molecule has 4 nitrogen and oxygen atoms in total. The lowest BCUT2D eigenvalue weighted by molar-refractivity contribution is 0.0925. The van der Waals surface area contributed by atoms with Gasteiger partial charge in [0.15, 0.2) is 0 Å². The number of nitrogens with two attached hydrogens (primary N) is 1. The molecule has 0 aliphatic carbocycles. The molecule has 2 aromatic rings. The van der Waals surface area contributed by atoms with Gasteiger partial charge in [-0.15, -0.1) is 0 Å². The van der Waals surface area contributed by atoms with Gasteiger partial charge in [0.05, 0.1) is 16.1 Å². The summed E-state index contributed by atoms with van der Waals surface area (Å²) in [6.45, 7) is 0. The van der Waals surface area contributed by atoms with Crippen LogP contribution in [0, 0.1) is 5.82 Å². The number of para-hydroxylation sites is 1. The Morgan fingerprint density at radius 3 is 2.45 bits per heavy atom. The van der Waals surface area contributed by atoms with E-state index in [1.54, 1.807) is 0 Å². The number of carbonyl (C=O) groups is 2. The number of fused-ring (bicyclic) bond motifs is 1. The van der Waals surface area contributed by atoms with Crippen LogP contribution in [0.1, 0.15) is 20.7 Å². The average molecular weight is 291 g/mol. The number of imide groups is 1. The van der Waals surface area contributed by atoms with Crippen molar-refractivity contribution in [2.45, 2.75) is 0 Å². The van der Waals surface area contributed by atoms with Crippen molar-refractivity contribution in [3.05, 3.63) is 58.4 Å². The van der Waals surface area contributed by atoms with E-state index in [1.807, 2.05) is 0 Å². The lowest BCUT2D eigenvalue weighted by atomic mass is 10.1. The average Bonchev–Trinajstić information content (AvgIpc) is 2.63. The van der Waals surface area contributed by atoms with E-state index in [4.69, 9.17) is 17.3 Å². The summed E-state index contributed by atoms with van der Waals surface area (Å²) in [5, 5.41) is -0.00696. The number of benzene rings is 2. The van der Waals surface area contributed by atoms with Gasteiger partial charge in [0, 0.05) is 5.69 Å². The van der Waals surface area contributed by atoms with Crippen molar-refractivity contribution in [2.75, 3.05) is 10.6 Å². The zero-order valence-electron chi connectivity index (χ0n) is 10.1. The lowest BCUT2D eigenvalue weighted by Crippen LogP contribution is -2.30. The van der Waals surface area contributed by atoms with Crippen molar-refractivity contribution in [1.29, 1.82) is 0 Å². The molecule has 2 N–H and O–H groups in total. The van der Waals surface area contributed by atoms with Gasteiger partial charge in [-0.1, -0.05) is 17.7 Å². The number of nitrogens with zero attached hydrogens (tertiary/aromatic N) is 1. The van der Waals surface area contributed by atoms with Crippen LogP contribution in [0.25, 0.3) is 0 Å². The summed E-state index contributed by atoms with van der Waals surface area (Å²) >= 11 is 5.90. The van der Waals surface area contributed by atoms with Crippen LogP contribution in [0.2, 0.25) is 5.02 Å². The van der Waals surface area contributed by atoms with Gasteiger partial charge in [0.1, 0.15) is 11.5 Å². The van der Waals surface area contributed by atoms with Gasteiger partial charge in [0.25, 0.3) is 11.8 Å². The summed E-state index contributed by atoms with van der Waals surface area (Å²) < 4.78 is 13.9. The minimum atomic E-state index is -0.736. The Balaban J connectivity index is 2.20. The molecule has 3 rings (SSSR count). The fourth-order valence-electron chi connectivity index (χ4n) is 2.16. The quantitative estimate of drug-likeness (QED) is 0.649. The van der Waals surface area contributed by atoms with Crippen molar-refractivity contribution < 1.29 is 14.0 Å². The molecule has 1 aliphatic heterocycles. The van der Waals surface area contributed by atoms with Crippen LogP contribution in [0.3, 0.4) is 0 Å². The van der Waals surface area contributed by atoms with E-state index < -0.39 is 17.6 Å². The number of carbonyl (C=O) groups excluding carboxylic acids is 2. The highest BCUT2D eigenvalue weighted by Gasteiger charge is 2.39. The molecule has 2 amide bonds. The van der Waals surface area contributed by atoms with Gasteiger partial charge >= 0.3 is 0 Å². The second-order valence-corrected chi connectivity index (χ2v) is 4.73. The Hall–Kier alpha value is -2.40. The highest BCUT2D eigenvalue weighted by Crippen LogP contribution is 2.35. The Morgan fingerprint density at radius 1 is 1.05 bits per heavy atom. The molecular formula is C14H8ClFN2O2. The van der Waals surface area contributed by atoms with E-state index in [-0.39, 0.29) is 21.8 Å². The van der Waals surface area contributed by atoms with Crippen LogP contribution in [0.5, 0.6) is 0 Å². The first kappa shape index (κ1) is 12.6. The monoisotopic (exact) mass is 290 g/mol. The molecule has 0 radical (unpaired) electrons. The molecule has 2 aromatic carbocycles. The minimum Gasteiger partial charge on any atom is -0.399 e. The molecule has 0 fully saturated rings. The maximum atomic E-state index is 13.9. The Kier molecular flexibility index (Phi) is 2.72. The van der Waals surface area contributed by atoms with E-state index in [0.717, 1.165) is 11.0 Å². The summed E-state index contributed by atoms with van der Waals surface area (Å²) in [6.07, 6.45) is 0. The molecule has 1 aliphatic rings. The molecule has 0 atom stereocenters. The number of amides is 2. The van der Waals surface area contributed by atoms with Crippen LogP contribution < -0.4 is 10.6 Å². The zero-order valence-corrected chi connectivity index (χ0v) is 10.8. The van der Waals surface area contributed by atoms with Gasteiger partial charge in [-0.25, -0.2) is 9.29 Å². The van der Waals surface area contributed by atoms with Crippen LogP contribution in [-0.4, -0.2) is 11.8 Å². The highest BCUT2D eigenvalue weighted by atomic mass is 35.5. The number of nitrogen functional groups attached to an aromatic ring is 1. The van der Waals surface area contributed by atoms with Gasteiger partial charge in [-0.2, -0.15) is 0 Å². The first-order valence-electron chi connectivity index (χ1n) is 5.73. The second-order valence-electron chi connectivity index (χ2n) is 4.32. The summed E-state index contributed by atoms with van der Waals surface area (Å²) in [6, 6.07) is 8.30.